The Labute approximate surface area is 379 Å². The quantitative estimate of drug-likeness (QED) is 0.146. The van der Waals surface area contributed by atoms with Gasteiger partial charge in [0.25, 0.3) is 5.56 Å². The van der Waals surface area contributed by atoms with Crippen molar-refractivity contribution in [1.29, 1.82) is 0 Å². The number of methoxy groups -OCH3 is 2. The molecule has 0 aliphatic carbocycles. The van der Waals surface area contributed by atoms with E-state index in [4.69, 9.17) is 38.4 Å². The Balaban J connectivity index is 0.977. The van der Waals surface area contributed by atoms with Gasteiger partial charge < -0.3 is 58.8 Å². The van der Waals surface area contributed by atoms with E-state index >= 15 is 0 Å². The maximum Gasteiger partial charge on any atom is 0.407 e. The summed E-state index contributed by atoms with van der Waals surface area (Å²) in [5, 5.41) is 7.68. The van der Waals surface area contributed by atoms with Crippen molar-refractivity contribution in [1.82, 2.24) is 40.4 Å². The summed E-state index contributed by atoms with van der Waals surface area (Å²) in [6, 6.07) is 14.7. The summed E-state index contributed by atoms with van der Waals surface area (Å²) in [6.45, 7) is 9.19. The molecule has 9 rings (SSSR count). The van der Waals surface area contributed by atoms with Crippen LogP contribution in [-0.4, -0.2) is 131 Å². The zero-order valence-corrected chi connectivity index (χ0v) is 37.7. The number of hydrogen-bond donors (Lipinski definition) is 4. The molecular formula is C47H54N8O11. The maximum atomic E-state index is 14.2. The normalized spacial score (nSPS) is 20.8. The number of benzene rings is 3. The predicted octanol–water partition coefficient (Wildman–Crippen LogP) is 4.93. The minimum absolute atomic E-state index is 0.0901. The molecule has 4 aliphatic rings. The highest BCUT2D eigenvalue weighted by molar-refractivity contribution is 5.92. The van der Waals surface area contributed by atoms with Crippen LogP contribution in [0, 0.1) is 11.8 Å². The summed E-state index contributed by atoms with van der Waals surface area (Å²) in [5.74, 6) is -2.34. The van der Waals surface area contributed by atoms with Crippen molar-refractivity contribution in [2.75, 3.05) is 53.7 Å². The predicted molar refractivity (Wildman–Crippen MR) is 239 cm³/mol. The first-order chi connectivity index (χ1) is 31.7. The van der Waals surface area contributed by atoms with Crippen molar-refractivity contribution in [3.63, 3.8) is 0 Å². The molecular weight excluding hydrogens is 853 g/mol. The van der Waals surface area contributed by atoms with Crippen LogP contribution >= 0.6 is 0 Å². The number of rotatable bonds is 10. The van der Waals surface area contributed by atoms with E-state index in [0.717, 1.165) is 33.2 Å². The zero-order chi connectivity index (χ0) is 46.5. The summed E-state index contributed by atoms with van der Waals surface area (Å²) in [5.41, 5.74) is 3.47. The number of carbonyl (C=O) groups is 4. The average Bonchev–Trinajstić information content (AvgIpc) is 4.19. The molecule has 0 radical (unpaired) electrons. The molecule has 348 valence electrons. The highest BCUT2D eigenvalue weighted by atomic mass is 16.7. The lowest BCUT2D eigenvalue weighted by Crippen LogP contribution is -2.52. The van der Waals surface area contributed by atoms with Gasteiger partial charge in [-0.15, -0.1) is 0 Å². The van der Waals surface area contributed by atoms with Gasteiger partial charge >= 0.3 is 12.2 Å². The van der Waals surface area contributed by atoms with E-state index in [2.05, 4.69) is 32.7 Å². The lowest BCUT2D eigenvalue weighted by Gasteiger charge is -2.30. The average molecular weight is 907 g/mol. The third-order valence-corrected chi connectivity index (χ3v) is 13.0. The van der Waals surface area contributed by atoms with Gasteiger partial charge in [-0.2, -0.15) is 0 Å². The number of nitrogens with zero attached hydrogens (tertiary/aromatic N) is 4. The van der Waals surface area contributed by atoms with E-state index in [-0.39, 0.29) is 54.5 Å². The van der Waals surface area contributed by atoms with Gasteiger partial charge in [-0.3, -0.25) is 14.4 Å². The second kappa shape index (κ2) is 17.8. The number of alkyl carbamates (subject to hydrolysis) is 2. The van der Waals surface area contributed by atoms with Gasteiger partial charge in [-0.25, -0.2) is 19.6 Å². The number of fused-ring (bicyclic) bond motifs is 2. The second-order valence-electron chi connectivity index (χ2n) is 17.9. The van der Waals surface area contributed by atoms with E-state index in [1.165, 1.54) is 14.2 Å². The molecule has 4 saturated heterocycles. The smallest absolute Gasteiger partial charge is 0.407 e. The molecule has 19 nitrogen and oxygen atoms in total. The fourth-order valence-electron chi connectivity index (χ4n) is 9.54. The Bertz CT molecular complexity index is 2740. The number of hydrogen-bond acceptors (Lipinski definition) is 13. The molecule has 4 N–H and O–H groups in total. The first-order valence-corrected chi connectivity index (χ1v) is 22.2. The molecule has 2 spiro atoms. The number of aromatic amines is 2. The summed E-state index contributed by atoms with van der Waals surface area (Å²) in [4.78, 5) is 85.6. The van der Waals surface area contributed by atoms with E-state index in [1.807, 2.05) is 64.1 Å². The van der Waals surface area contributed by atoms with Gasteiger partial charge in [0.05, 0.1) is 88.6 Å². The molecule has 4 aliphatic heterocycles. The van der Waals surface area contributed by atoms with Crippen molar-refractivity contribution in [2.24, 2.45) is 11.8 Å². The maximum absolute atomic E-state index is 14.2. The monoisotopic (exact) mass is 906 g/mol. The highest BCUT2D eigenvalue weighted by Crippen LogP contribution is 2.44. The van der Waals surface area contributed by atoms with Crippen LogP contribution < -0.4 is 16.2 Å². The Morgan fingerprint density at radius 3 is 1.70 bits per heavy atom. The SMILES string of the molecule is COC(=O)N[C@H](C(=O)N1CC2(C[C@H]1c1ncc(-c3ccc4cc(-c5ccc6c(=O)[nH]c([C@@H]7CC8(CN7C(=O)[C@@H](NC(=O)OC)C(C)C)OCCO8)nc6c5)ccc4c3)[nH]1)OCCO2)C(C)C. The van der Waals surface area contributed by atoms with Gasteiger partial charge in [-0.05, 0) is 58.0 Å². The first kappa shape index (κ1) is 44.8. The molecule has 2 aromatic heterocycles. The number of imidazole rings is 1. The minimum atomic E-state index is -1.07. The first-order valence-electron chi connectivity index (χ1n) is 22.2. The number of ether oxygens (including phenoxy) is 6. The van der Waals surface area contributed by atoms with Crippen LogP contribution in [0.15, 0.2) is 65.6 Å². The summed E-state index contributed by atoms with van der Waals surface area (Å²) >= 11 is 0. The summed E-state index contributed by atoms with van der Waals surface area (Å²) < 4.78 is 33.8. The van der Waals surface area contributed by atoms with Crippen LogP contribution in [0.1, 0.15) is 64.3 Å². The number of nitrogens with one attached hydrogen (secondary N) is 4. The molecule has 4 fully saturated rings. The van der Waals surface area contributed by atoms with Gasteiger partial charge in [0.2, 0.25) is 11.8 Å². The van der Waals surface area contributed by atoms with Crippen molar-refractivity contribution in [3.8, 4) is 22.4 Å². The molecule has 3 aromatic carbocycles. The van der Waals surface area contributed by atoms with Crippen molar-refractivity contribution < 1.29 is 47.6 Å². The van der Waals surface area contributed by atoms with Crippen LogP contribution in [-0.2, 0) is 38.0 Å². The molecule has 5 aromatic rings. The van der Waals surface area contributed by atoms with Gasteiger partial charge in [0.15, 0.2) is 11.6 Å². The third-order valence-electron chi connectivity index (χ3n) is 13.0. The van der Waals surface area contributed by atoms with E-state index in [1.54, 1.807) is 22.1 Å². The molecule has 6 heterocycles. The molecule has 0 saturated carbocycles. The Kier molecular flexibility index (Phi) is 12.1. The van der Waals surface area contributed by atoms with E-state index in [0.29, 0.717) is 49.6 Å². The molecule has 66 heavy (non-hydrogen) atoms. The van der Waals surface area contributed by atoms with Gasteiger partial charge in [0.1, 0.15) is 23.7 Å². The number of carbonyl (C=O) groups excluding carboxylic acids is 4. The van der Waals surface area contributed by atoms with Gasteiger partial charge in [0, 0.05) is 18.4 Å². The topological polar surface area (TPSA) is 229 Å². The van der Waals surface area contributed by atoms with Crippen LogP contribution in [0.2, 0.25) is 0 Å². The van der Waals surface area contributed by atoms with Crippen molar-refractivity contribution >= 4 is 45.7 Å². The van der Waals surface area contributed by atoms with Gasteiger partial charge in [-0.1, -0.05) is 58.0 Å². The molecule has 0 bridgehead atoms. The van der Waals surface area contributed by atoms with E-state index in [9.17, 15) is 24.0 Å². The highest BCUT2D eigenvalue weighted by Gasteiger charge is 2.54. The molecule has 4 amide bonds. The van der Waals surface area contributed by atoms with Crippen molar-refractivity contribution in [3.05, 3.63) is 82.8 Å². The fraction of sp³-hybridized carbons (Fsp3) is 0.468. The number of amides is 4. The number of aromatic nitrogens is 4. The molecule has 4 atom stereocenters. The minimum Gasteiger partial charge on any atom is -0.453 e. The zero-order valence-electron chi connectivity index (χ0n) is 37.7. The van der Waals surface area contributed by atoms with Crippen LogP contribution in [0.25, 0.3) is 44.1 Å². The Morgan fingerprint density at radius 2 is 1.17 bits per heavy atom. The van der Waals surface area contributed by atoms with Crippen LogP contribution in [0.5, 0.6) is 0 Å². The largest absolute Gasteiger partial charge is 0.453 e. The fourth-order valence-corrected chi connectivity index (χ4v) is 9.54. The van der Waals surface area contributed by atoms with E-state index < -0.39 is 47.9 Å². The lowest BCUT2D eigenvalue weighted by molar-refractivity contribution is -0.153. The molecule has 0 unspecified atom stereocenters. The Morgan fingerprint density at radius 1 is 0.682 bits per heavy atom. The third kappa shape index (κ3) is 8.47. The lowest BCUT2D eigenvalue weighted by atomic mass is 9.98. The number of H-pyrrole nitrogens is 2. The second-order valence-corrected chi connectivity index (χ2v) is 17.9. The Hall–Kier alpha value is -6.41. The van der Waals surface area contributed by atoms with Crippen molar-refractivity contribution in [2.45, 2.75) is 76.3 Å². The van der Waals surface area contributed by atoms with Crippen LogP contribution in [0.4, 0.5) is 9.59 Å². The number of likely N-dealkylation sites (tertiary alicyclic amines) is 2. The summed E-state index contributed by atoms with van der Waals surface area (Å²) in [6.07, 6.45) is 0.931. The molecule has 19 heteroatoms. The summed E-state index contributed by atoms with van der Waals surface area (Å²) in [7, 11) is 2.50. The standard InChI is InChI=1S/C47H54N8O11/c1-25(2)37(51-44(59)61-5)42(57)54-23-46(63-13-14-64-46)20-35(54)39-48-22-34(50-39)31-10-9-27-17-28(7-8-29(27)18-31)30-11-12-32-33(19-30)49-40(53-41(32)56)36-21-47(65-15-16-66-47)24-55(36)43(58)38(26(3)4)52-45(60)62-6/h7-12,17-19,22,25-26,35-38H,13-16,20-21,23-24H2,1-6H3,(H,48,50)(H,51,59)(H,52,60)(H,49,53,56)/t35-,36-,37-,38-/m0/s1. The van der Waals surface area contributed by atoms with Crippen LogP contribution in [0.3, 0.4) is 0 Å².